The van der Waals surface area contributed by atoms with E-state index in [1.807, 2.05) is 18.2 Å². The average molecular weight is 501 g/mol. The number of ether oxygens (including phenoxy) is 2. The van der Waals surface area contributed by atoms with Crippen LogP contribution in [-0.2, 0) is 14.8 Å². The van der Waals surface area contributed by atoms with Gasteiger partial charge in [-0.2, -0.15) is 4.31 Å². The molecular weight excluding hydrogens is 476 g/mol. The van der Waals surface area contributed by atoms with Gasteiger partial charge in [-0.1, -0.05) is 35.9 Å². The van der Waals surface area contributed by atoms with Crippen molar-refractivity contribution in [1.82, 2.24) is 4.31 Å². The second-order valence-electron chi connectivity index (χ2n) is 7.95. The van der Waals surface area contributed by atoms with Gasteiger partial charge in [0.25, 0.3) is 0 Å². The number of anilines is 1. The fourth-order valence-electron chi connectivity index (χ4n) is 3.92. The van der Waals surface area contributed by atoms with Gasteiger partial charge >= 0.3 is 0 Å². The summed E-state index contributed by atoms with van der Waals surface area (Å²) in [5.41, 5.74) is 0.948. The van der Waals surface area contributed by atoms with Crippen LogP contribution in [0.2, 0.25) is 5.02 Å². The molecule has 0 bridgehead atoms. The van der Waals surface area contributed by atoms with E-state index in [1.165, 1.54) is 17.5 Å². The first-order chi connectivity index (χ1) is 16.3. The zero-order chi connectivity index (χ0) is 24.3. The quantitative estimate of drug-likeness (QED) is 0.479. The van der Waals surface area contributed by atoms with Crippen molar-refractivity contribution in [3.8, 4) is 17.2 Å². The lowest BCUT2D eigenvalue weighted by Crippen LogP contribution is -2.43. The molecule has 34 heavy (non-hydrogen) atoms. The van der Waals surface area contributed by atoms with Crippen LogP contribution in [0, 0.1) is 6.92 Å². The van der Waals surface area contributed by atoms with E-state index in [2.05, 4.69) is 5.32 Å². The summed E-state index contributed by atoms with van der Waals surface area (Å²) >= 11 is 6.17. The van der Waals surface area contributed by atoms with Crippen LogP contribution < -0.4 is 14.8 Å². The van der Waals surface area contributed by atoms with Crippen molar-refractivity contribution in [2.24, 2.45) is 0 Å². The van der Waals surface area contributed by atoms with E-state index in [-0.39, 0.29) is 11.4 Å². The number of amides is 1. The third kappa shape index (κ3) is 5.04. The maximum absolute atomic E-state index is 13.5. The standard InChI is InChI=1S/C25H25ClN2O5S/c1-17-10-12-20(32-2)16-24(17)34(30,31)28-14-6-9-22(28)25(29)27-21-15-18(26)11-13-23(21)33-19-7-4-3-5-8-19/h3-5,7-8,10-13,15-16,22H,6,9,14H2,1-2H3,(H,27,29)/t22-/m0/s1. The Morgan fingerprint density at radius 2 is 1.82 bits per heavy atom. The molecule has 0 aromatic heterocycles. The summed E-state index contributed by atoms with van der Waals surface area (Å²) in [5.74, 6) is 0.992. The monoisotopic (exact) mass is 500 g/mol. The number of rotatable bonds is 7. The molecule has 3 aromatic rings. The minimum absolute atomic E-state index is 0.127. The van der Waals surface area contributed by atoms with Crippen LogP contribution in [0.5, 0.6) is 17.2 Å². The van der Waals surface area contributed by atoms with Crippen molar-refractivity contribution >= 4 is 33.2 Å². The Morgan fingerprint density at radius 3 is 2.56 bits per heavy atom. The Balaban J connectivity index is 1.60. The van der Waals surface area contributed by atoms with Gasteiger partial charge in [0.2, 0.25) is 15.9 Å². The molecule has 3 aromatic carbocycles. The minimum atomic E-state index is -3.92. The fourth-order valence-corrected chi connectivity index (χ4v) is 5.99. The van der Waals surface area contributed by atoms with Crippen molar-refractivity contribution < 1.29 is 22.7 Å². The number of aryl methyl sites for hydroxylation is 1. The van der Waals surface area contributed by atoms with Crippen LogP contribution in [0.15, 0.2) is 71.6 Å². The molecule has 9 heteroatoms. The van der Waals surface area contributed by atoms with E-state index >= 15 is 0 Å². The molecule has 0 unspecified atom stereocenters. The third-order valence-electron chi connectivity index (χ3n) is 5.66. The molecule has 178 valence electrons. The molecule has 1 saturated heterocycles. The lowest BCUT2D eigenvalue weighted by atomic mass is 10.2. The van der Waals surface area contributed by atoms with Gasteiger partial charge in [0.1, 0.15) is 17.5 Å². The van der Waals surface area contributed by atoms with E-state index in [0.717, 1.165) is 0 Å². The zero-order valence-electron chi connectivity index (χ0n) is 18.8. The highest BCUT2D eigenvalue weighted by molar-refractivity contribution is 7.89. The van der Waals surface area contributed by atoms with Crippen LogP contribution in [0.3, 0.4) is 0 Å². The highest BCUT2D eigenvalue weighted by Crippen LogP contribution is 2.34. The Labute approximate surface area is 204 Å². The van der Waals surface area contributed by atoms with Gasteiger partial charge in [-0.25, -0.2) is 8.42 Å². The number of halogens is 1. The lowest BCUT2D eigenvalue weighted by molar-refractivity contribution is -0.119. The summed E-state index contributed by atoms with van der Waals surface area (Å²) in [6.45, 7) is 1.97. The number of nitrogens with zero attached hydrogens (tertiary/aromatic N) is 1. The molecule has 1 aliphatic heterocycles. The number of sulfonamides is 1. The molecule has 1 fully saturated rings. The van der Waals surface area contributed by atoms with Crippen LogP contribution in [-0.4, -0.2) is 38.3 Å². The second kappa shape index (κ2) is 10.0. The van der Waals surface area contributed by atoms with Crippen LogP contribution in [0.1, 0.15) is 18.4 Å². The molecule has 1 atom stereocenters. The smallest absolute Gasteiger partial charge is 0.244 e. The van der Waals surface area contributed by atoms with Gasteiger partial charge in [0.05, 0.1) is 17.7 Å². The van der Waals surface area contributed by atoms with Gasteiger partial charge in [-0.15, -0.1) is 0 Å². The first kappa shape index (κ1) is 24.1. The maximum atomic E-state index is 13.5. The number of para-hydroxylation sites is 1. The Bertz CT molecular complexity index is 1300. The molecule has 1 heterocycles. The SMILES string of the molecule is COc1ccc(C)c(S(=O)(=O)N2CCC[C@H]2C(=O)Nc2cc(Cl)ccc2Oc2ccccc2)c1. The Morgan fingerprint density at radius 1 is 1.06 bits per heavy atom. The first-order valence-electron chi connectivity index (χ1n) is 10.8. The van der Waals surface area contributed by atoms with Crippen molar-refractivity contribution in [3.05, 3.63) is 77.3 Å². The van der Waals surface area contributed by atoms with Gasteiger partial charge in [0.15, 0.2) is 5.75 Å². The molecule has 1 aliphatic rings. The van der Waals surface area contributed by atoms with E-state index in [9.17, 15) is 13.2 Å². The van der Waals surface area contributed by atoms with Crippen molar-refractivity contribution in [2.75, 3.05) is 19.0 Å². The Hall–Kier alpha value is -3.07. The Kier molecular flexibility index (Phi) is 7.11. The molecule has 0 radical (unpaired) electrons. The van der Waals surface area contributed by atoms with Crippen LogP contribution >= 0.6 is 11.6 Å². The third-order valence-corrected chi connectivity index (χ3v) is 7.94. The van der Waals surface area contributed by atoms with Gasteiger partial charge in [0, 0.05) is 17.6 Å². The molecule has 1 N–H and O–H groups in total. The molecule has 0 aliphatic carbocycles. The average Bonchev–Trinajstić information content (AvgIpc) is 3.33. The van der Waals surface area contributed by atoms with E-state index in [0.29, 0.717) is 46.4 Å². The normalized spacial score (nSPS) is 16.3. The van der Waals surface area contributed by atoms with Crippen molar-refractivity contribution in [3.63, 3.8) is 0 Å². The fraction of sp³-hybridized carbons (Fsp3) is 0.240. The number of methoxy groups -OCH3 is 1. The minimum Gasteiger partial charge on any atom is -0.497 e. The summed E-state index contributed by atoms with van der Waals surface area (Å²) in [5, 5.41) is 3.24. The van der Waals surface area contributed by atoms with E-state index in [4.69, 9.17) is 21.1 Å². The molecule has 7 nitrogen and oxygen atoms in total. The number of benzene rings is 3. The second-order valence-corrected chi connectivity index (χ2v) is 10.2. The van der Waals surface area contributed by atoms with E-state index < -0.39 is 22.0 Å². The predicted molar refractivity (Wildman–Crippen MR) is 131 cm³/mol. The zero-order valence-corrected chi connectivity index (χ0v) is 20.4. The van der Waals surface area contributed by atoms with Crippen LogP contribution in [0.25, 0.3) is 0 Å². The molecule has 1 amide bonds. The molecule has 4 rings (SSSR count). The molecular formula is C25H25ClN2O5S. The maximum Gasteiger partial charge on any atom is 0.244 e. The summed E-state index contributed by atoms with van der Waals surface area (Å²) in [6.07, 6.45) is 0.979. The van der Waals surface area contributed by atoms with Gasteiger partial charge in [-0.05, 0) is 61.7 Å². The van der Waals surface area contributed by atoms with Crippen molar-refractivity contribution in [2.45, 2.75) is 30.7 Å². The van der Waals surface area contributed by atoms with Gasteiger partial charge < -0.3 is 14.8 Å². The molecule has 0 spiro atoms. The predicted octanol–water partition coefficient (Wildman–Crippen LogP) is 5.24. The largest absolute Gasteiger partial charge is 0.497 e. The number of carbonyl (C=O) groups excluding carboxylic acids is 1. The summed E-state index contributed by atoms with van der Waals surface area (Å²) in [7, 11) is -2.44. The number of nitrogens with one attached hydrogen (secondary N) is 1. The van der Waals surface area contributed by atoms with Gasteiger partial charge in [-0.3, -0.25) is 4.79 Å². The number of carbonyl (C=O) groups is 1. The lowest BCUT2D eigenvalue weighted by Gasteiger charge is -2.25. The number of hydrogen-bond donors (Lipinski definition) is 1. The number of hydrogen-bond acceptors (Lipinski definition) is 5. The van der Waals surface area contributed by atoms with Crippen LogP contribution in [0.4, 0.5) is 5.69 Å². The summed E-state index contributed by atoms with van der Waals surface area (Å²) in [6, 6.07) is 18.1. The summed E-state index contributed by atoms with van der Waals surface area (Å²) < 4.78 is 39.4. The highest BCUT2D eigenvalue weighted by Gasteiger charge is 2.40. The first-order valence-corrected chi connectivity index (χ1v) is 12.6. The molecule has 0 saturated carbocycles. The topological polar surface area (TPSA) is 84.9 Å². The van der Waals surface area contributed by atoms with E-state index in [1.54, 1.807) is 49.4 Å². The van der Waals surface area contributed by atoms with Crippen molar-refractivity contribution in [1.29, 1.82) is 0 Å². The highest BCUT2D eigenvalue weighted by atomic mass is 35.5. The summed E-state index contributed by atoms with van der Waals surface area (Å²) in [4.78, 5) is 13.4.